The van der Waals surface area contributed by atoms with E-state index in [1.54, 1.807) is 30.2 Å². The van der Waals surface area contributed by atoms with E-state index >= 15 is 0 Å². The van der Waals surface area contributed by atoms with Gasteiger partial charge in [-0.1, -0.05) is 54.2 Å². The second-order valence-electron chi connectivity index (χ2n) is 6.64. The molecule has 0 saturated carbocycles. The van der Waals surface area contributed by atoms with Crippen molar-refractivity contribution in [2.45, 2.75) is 31.3 Å². The van der Waals surface area contributed by atoms with Crippen LogP contribution in [0, 0.1) is 6.92 Å². The lowest BCUT2D eigenvalue weighted by molar-refractivity contribution is 0.414. The zero-order valence-corrected chi connectivity index (χ0v) is 18.4. The fourth-order valence-electron chi connectivity index (χ4n) is 3.37. The Morgan fingerprint density at radius 1 is 1.07 bits per heavy atom. The third kappa shape index (κ3) is 4.09. The highest BCUT2D eigenvalue weighted by atomic mass is 32.2. The second-order valence-corrected chi connectivity index (χ2v) is 8.66. The van der Waals surface area contributed by atoms with Crippen molar-refractivity contribution in [1.82, 2.24) is 14.8 Å². The Labute approximate surface area is 179 Å². The number of thiophene rings is 1. The number of thioether (sulfide) groups is 1. The maximum atomic E-state index is 5.33. The molecular weight excluding hydrogens is 398 g/mol. The van der Waals surface area contributed by atoms with E-state index in [1.165, 1.54) is 21.6 Å². The molecule has 4 aromatic rings. The van der Waals surface area contributed by atoms with Crippen molar-refractivity contribution >= 4 is 23.1 Å². The number of hydrogen-bond acceptors (Lipinski definition) is 5. The van der Waals surface area contributed by atoms with Crippen molar-refractivity contribution in [2.75, 3.05) is 7.11 Å². The zero-order valence-electron chi connectivity index (χ0n) is 16.8. The van der Waals surface area contributed by atoms with Gasteiger partial charge in [0.25, 0.3) is 0 Å². The molecule has 0 radical (unpaired) electrons. The van der Waals surface area contributed by atoms with Crippen LogP contribution in [0.2, 0.25) is 0 Å². The summed E-state index contributed by atoms with van der Waals surface area (Å²) in [5.41, 5.74) is 4.83. The lowest BCUT2D eigenvalue weighted by Crippen LogP contribution is -2.00. The van der Waals surface area contributed by atoms with Crippen LogP contribution in [0.15, 0.2) is 65.1 Å². The predicted molar refractivity (Wildman–Crippen MR) is 122 cm³/mol. The van der Waals surface area contributed by atoms with Gasteiger partial charge in [0.15, 0.2) is 11.0 Å². The van der Waals surface area contributed by atoms with Crippen LogP contribution < -0.4 is 4.74 Å². The van der Waals surface area contributed by atoms with E-state index in [0.717, 1.165) is 34.6 Å². The lowest BCUT2D eigenvalue weighted by Gasteiger charge is -2.09. The Balaban J connectivity index is 1.65. The van der Waals surface area contributed by atoms with Gasteiger partial charge in [-0.25, -0.2) is 0 Å². The third-order valence-corrected chi connectivity index (χ3v) is 6.76. The summed E-state index contributed by atoms with van der Waals surface area (Å²) in [4.78, 5) is 1.29. The molecule has 2 aromatic heterocycles. The highest BCUT2D eigenvalue weighted by molar-refractivity contribution is 7.98. The fourth-order valence-corrected chi connectivity index (χ4v) is 5.18. The summed E-state index contributed by atoms with van der Waals surface area (Å²) in [6, 6.07) is 18.7. The summed E-state index contributed by atoms with van der Waals surface area (Å²) in [5, 5.41) is 12.2. The van der Waals surface area contributed by atoms with Gasteiger partial charge in [0.2, 0.25) is 0 Å². The molecule has 6 heteroatoms. The second kappa shape index (κ2) is 8.84. The van der Waals surface area contributed by atoms with E-state index in [-0.39, 0.29) is 0 Å². The van der Waals surface area contributed by atoms with E-state index in [0.29, 0.717) is 0 Å². The smallest absolute Gasteiger partial charge is 0.191 e. The van der Waals surface area contributed by atoms with Gasteiger partial charge in [-0.05, 0) is 37.1 Å². The molecule has 0 N–H and O–H groups in total. The monoisotopic (exact) mass is 421 g/mol. The normalized spacial score (nSPS) is 11.0. The van der Waals surface area contributed by atoms with Crippen LogP contribution in [0.4, 0.5) is 0 Å². The molecule has 0 unspecified atom stereocenters. The summed E-state index contributed by atoms with van der Waals surface area (Å²) in [7, 11) is 1.69. The first-order valence-corrected chi connectivity index (χ1v) is 11.4. The van der Waals surface area contributed by atoms with E-state index in [1.807, 2.05) is 18.2 Å². The molecule has 0 spiro atoms. The zero-order chi connectivity index (χ0) is 20.2. The Morgan fingerprint density at radius 3 is 2.66 bits per heavy atom. The minimum absolute atomic E-state index is 0.823. The molecular formula is C23H23N3OS2. The fraction of sp³-hybridized carbons (Fsp3) is 0.217. The van der Waals surface area contributed by atoms with Crippen LogP contribution in [-0.4, -0.2) is 21.9 Å². The topological polar surface area (TPSA) is 39.9 Å². The molecule has 0 aliphatic rings. The van der Waals surface area contributed by atoms with E-state index in [2.05, 4.69) is 70.4 Å². The molecule has 29 heavy (non-hydrogen) atoms. The molecule has 0 aliphatic carbocycles. The minimum atomic E-state index is 0.823. The van der Waals surface area contributed by atoms with E-state index in [4.69, 9.17) is 4.74 Å². The van der Waals surface area contributed by atoms with Crippen LogP contribution in [0.1, 0.15) is 17.4 Å². The third-order valence-electron chi connectivity index (χ3n) is 4.81. The van der Waals surface area contributed by atoms with Gasteiger partial charge in [0.1, 0.15) is 5.75 Å². The van der Waals surface area contributed by atoms with Gasteiger partial charge in [-0.2, -0.15) is 0 Å². The molecule has 2 heterocycles. The maximum Gasteiger partial charge on any atom is 0.191 e. The SMILES string of the molecule is CCn1c(SCc2cccc(OC)c2)nnc1-c1csc(C)c1-c1ccccc1. The van der Waals surface area contributed by atoms with Gasteiger partial charge in [-0.3, -0.25) is 0 Å². The number of ether oxygens (including phenoxy) is 1. The highest BCUT2D eigenvalue weighted by Gasteiger charge is 2.19. The van der Waals surface area contributed by atoms with E-state index < -0.39 is 0 Å². The first-order valence-electron chi connectivity index (χ1n) is 9.54. The van der Waals surface area contributed by atoms with Crippen molar-refractivity contribution in [3.63, 3.8) is 0 Å². The summed E-state index contributed by atoms with van der Waals surface area (Å²) in [5.74, 6) is 2.63. The average Bonchev–Trinajstić information content (AvgIpc) is 3.35. The van der Waals surface area contributed by atoms with Crippen molar-refractivity contribution in [1.29, 1.82) is 0 Å². The van der Waals surface area contributed by atoms with Crippen LogP contribution in [0.5, 0.6) is 5.75 Å². The highest BCUT2D eigenvalue weighted by Crippen LogP contribution is 2.39. The molecule has 0 aliphatic heterocycles. The Bertz CT molecular complexity index is 1100. The summed E-state index contributed by atoms with van der Waals surface area (Å²) in [6.07, 6.45) is 0. The Hall–Kier alpha value is -2.57. The van der Waals surface area contributed by atoms with Crippen LogP contribution >= 0.6 is 23.1 Å². The predicted octanol–water partition coefficient (Wildman–Crippen LogP) is 6.30. The lowest BCUT2D eigenvalue weighted by atomic mass is 10.0. The quantitative estimate of drug-likeness (QED) is 0.328. The minimum Gasteiger partial charge on any atom is -0.497 e. The molecule has 148 valence electrons. The molecule has 4 rings (SSSR count). The number of aromatic nitrogens is 3. The van der Waals surface area contributed by atoms with Crippen molar-refractivity contribution in [3.05, 3.63) is 70.4 Å². The standard InChI is InChI=1S/C23H23N3OS2/c1-4-26-22(20-15-28-16(2)21(20)18-10-6-5-7-11-18)24-25-23(26)29-14-17-9-8-12-19(13-17)27-3/h5-13,15H,4,14H2,1-3H3. The summed E-state index contributed by atoms with van der Waals surface area (Å²) < 4.78 is 7.54. The largest absolute Gasteiger partial charge is 0.497 e. The number of benzene rings is 2. The molecule has 0 bridgehead atoms. The number of methoxy groups -OCH3 is 1. The molecule has 4 nitrogen and oxygen atoms in total. The molecule has 2 aromatic carbocycles. The van der Waals surface area contributed by atoms with Gasteiger partial charge in [0.05, 0.1) is 7.11 Å². The summed E-state index contributed by atoms with van der Waals surface area (Å²) >= 11 is 3.47. The van der Waals surface area contributed by atoms with Crippen LogP contribution in [0.3, 0.4) is 0 Å². The number of hydrogen-bond donors (Lipinski definition) is 0. The molecule has 0 saturated heterocycles. The maximum absolute atomic E-state index is 5.33. The Kier molecular flexibility index (Phi) is 6.02. The van der Waals surface area contributed by atoms with Gasteiger partial charge in [0, 0.05) is 33.7 Å². The van der Waals surface area contributed by atoms with Crippen LogP contribution in [0.25, 0.3) is 22.5 Å². The van der Waals surface area contributed by atoms with E-state index in [9.17, 15) is 0 Å². The van der Waals surface area contributed by atoms with Crippen molar-refractivity contribution in [2.24, 2.45) is 0 Å². The average molecular weight is 422 g/mol. The van der Waals surface area contributed by atoms with Gasteiger partial charge < -0.3 is 9.30 Å². The summed E-state index contributed by atoms with van der Waals surface area (Å²) in [6.45, 7) is 5.14. The molecule has 0 atom stereocenters. The van der Waals surface area contributed by atoms with Crippen molar-refractivity contribution in [3.8, 4) is 28.3 Å². The van der Waals surface area contributed by atoms with Gasteiger partial charge in [-0.15, -0.1) is 21.5 Å². The molecule has 0 fully saturated rings. The van der Waals surface area contributed by atoms with Crippen molar-refractivity contribution < 1.29 is 4.74 Å². The van der Waals surface area contributed by atoms with Crippen LogP contribution in [-0.2, 0) is 12.3 Å². The number of rotatable bonds is 7. The Morgan fingerprint density at radius 2 is 1.90 bits per heavy atom. The van der Waals surface area contributed by atoms with Gasteiger partial charge >= 0.3 is 0 Å². The first-order chi connectivity index (χ1) is 14.2. The number of nitrogens with zero attached hydrogens (tertiary/aromatic N) is 3. The number of aryl methyl sites for hydroxylation is 1. The molecule has 0 amide bonds. The first kappa shape index (κ1) is 19.7.